The van der Waals surface area contributed by atoms with Gasteiger partial charge in [-0.1, -0.05) is 30.3 Å². The van der Waals surface area contributed by atoms with Crippen molar-refractivity contribution in [3.8, 4) is 5.75 Å². The van der Waals surface area contributed by atoms with Crippen molar-refractivity contribution >= 4 is 15.8 Å². The molecule has 0 heterocycles. The van der Waals surface area contributed by atoms with Gasteiger partial charge in [0.05, 0.1) is 12.0 Å². The van der Waals surface area contributed by atoms with E-state index in [9.17, 15) is 17.6 Å². The van der Waals surface area contributed by atoms with Gasteiger partial charge in [0.25, 0.3) is 0 Å². The van der Waals surface area contributed by atoms with Gasteiger partial charge in [-0.05, 0) is 35.9 Å². The van der Waals surface area contributed by atoms with Gasteiger partial charge in [-0.15, -0.1) is 0 Å². The molecule has 0 aliphatic carbocycles. The van der Waals surface area contributed by atoms with Crippen LogP contribution in [-0.4, -0.2) is 26.6 Å². The maximum atomic E-state index is 13.6. The van der Waals surface area contributed by atoms with Crippen LogP contribution >= 0.6 is 0 Å². The maximum absolute atomic E-state index is 13.6. The smallest absolute Gasteiger partial charge is 0.364 e. The minimum atomic E-state index is -4.04. The highest BCUT2D eigenvalue weighted by Gasteiger charge is 2.29. The first-order valence-electron chi connectivity index (χ1n) is 6.89. The molecule has 1 unspecified atom stereocenters. The first-order chi connectivity index (χ1) is 11.4. The number of hydrogen-bond acceptors (Lipinski definition) is 4. The van der Waals surface area contributed by atoms with E-state index in [1.165, 1.54) is 43.5 Å². The van der Waals surface area contributed by atoms with E-state index in [1.807, 2.05) is 0 Å². The summed E-state index contributed by atoms with van der Waals surface area (Å²) in [5.41, 5.74) is 0.268. The first-order valence-corrected chi connectivity index (χ1v) is 8.44. The van der Waals surface area contributed by atoms with Crippen molar-refractivity contribution < 1.29 is 27.4 Å². The zero-order valence-corrected chi connectivity index (χ0v) is 13.5. The van der Waals surface area contributed by atoms with E-state index in [2.05, 4.69) is 0 Å². The summed E-state index contributed by atoms with van der Waals surface area (Å²) < 4.78 is 44.3. The first kappa shape index (κ1) is 17.7. The Hall–Kier alpha value is -2.67. The largest absolute Gasteiger partial charge is 0.497 e. The van der Waals surface area contributed by atoms with Crippen LogP contribution in [0.1, 0.15) is 10.8 Å². The minimum absolute atomic E-state index is 0.0633. The van der Waals surface area contributed by atoms with Crippen LogP contribution in [0, 0.1) is 0 Å². The maximum Gasteiger partial charge on any atom is 0.364 e. The third-order valence-electron chi connectivity index (χ3n) is 3.35. The van der Waals surface area contributed by atoms with Gasteiger partial charge >= 0.3 is 5.97 Å². The topological polar surface area (TPSA) is 80.7 Å². The molecular formula is C17H15FO5S. The summed E-state index contributed by atoms with van der Waals surface area (Å²) in [5, 5.41) is 7.27. The summed E-state index contributed by atoms with van der Waals surface area (Å²) >= 11 is 0. The number of hydrogen-bond donors (Lipinski definition) is 1. The monoisotopic (exact) mass is 350 g/mol. The van der Waals surface area contributed by atoms with Crippen molar-refractivity contribution in [2.45, 2.75) is 10.1 Å². The highest BCUT2D eigenvalue weighted by atomic mass is 32.2. The van der Waals surface area contributed by atoms with Crippen molar-refractivity contribution in [2.24, 2.45) is 0 Å². The van der Waals surface area contributed by atoms with Gasteiger partial charge in [0.2, 0.25) is 5.83 Å². The van der Waals surface area contributed by atoms with Crippen LogP contribution in [0.3, 0.4) is 0 Å². The molecule has 1 N–H and O–H groups in total. The number of carboxylic acids is 1. The molecule has 0 aliphatic heterocycles. The van der Waals surface area contributed by atoms with E-state index in [0.29, 0.717) is 11.8 Å². The number of benzene rings is 2. The zero-order valence-electron chi connectivity index (χ0n) is 12.7. The van der Waals surface area contributed by atoms with Crippen LogP contribution in [0.15, 0.2) is 71.4 Å². The lowest BCUT2D eigenvalue weighted by molar-refractivity contribution is -0.134. The lowest BCUT2D eigenvalue weighted by Crippen LogP contribution is -2.13. The molecule has 0 radical (unpaired) electrons. The summed E-state index contributed by atoms with van der Waals surface area (Å²) in [6, 6.07) is 13.5. The molecule has 5 nitrogen and oxygen atoms in total. The molecule has 0 aliphatic rings. The number of carbonyl (C=O) groups is 1. The Morgan fingerprint density at radius 2 is 1.71 bits per heavy atom. The molecule has 0 spiro atoms. The van der Waals surface area contributed by atoms with Crippen LogP contribution in [0.2, 0.25) is 0 Å². The van der Waals surface area contributed by atoms with E-state index in [1.54, 1.807) is 18.2 Å². The Morgan fingerprint density at radius 1 is 1.12 bits per heavy atom. The number of rotatable bonds is 6. The van der Waals surface area contributed by atoms with Gasteiger partial charge in [-0.25, -0.2) is 13.2 Å². The molecular weight excluding hydrogens is 335 g/mol. The zero-order chi connectivity index (χ0) is 17.7. The molecule has 0 aromatic heterocycles. The van der Waals surface area contributed by atoms with Crippen LogP contribution < -0.4 is 4.74 Å². The Labute approximate surface area is 138 Å². The molecule has 126 valence electrons. The molecule has 0 fully saturated rings. The van der Waals surface area contributed by atoms with E-state index in [0.717, 1.165) is 0 Å². The molecule has 0 saturated carbocycles. The molecule has 2 rings (SSSR count). The molecule has 0 bridgehead atoms. The fourth-order valence-corrected chi connectivity index (χ4v) is 3.75. The minimum Gasteiger partial charge on any atom is -0.497 e. The van der Waals surface area contributed by atoms with E-state index in [4.69, 9.17) is 9.84 Å². The van der Waals surface area contributed by atoms with Gasteiger partial charge in [0.15, 0.2) is 9.84 Å². The lowest BCUT2D eigenvalue weighted by Gasteiger charge is -2.15. The van der Waals surface area contributed by atoms with Crippen LogP contribution in [0.4, 0.5) is 4.39 Å². The average molecular weight is 350 g/mol. The molecule has 0 amide bonds. The second kappa shape index (κ2) is 7.27. The fraction of sp³-hybridized carbons (Fsp3) is 0.118. The number of ether oxygens (including phenoxy) is 1. The highest BCUT2D eigenvalue weighted by molar-refractivity contribution is 7.91. The third-order valence-corrected chi connectivity index (χ3v) is 5.36. The number of halogens is 1. The van der Waals surface area contributed by atoms with Gasteiger partial charge in [-0.3, -0.25) is 0 Å². The van der Waals surface area contributed by atoms with Gasteiger partial charge < -0.3 is 9.84 Å². The summed E-state index contributed by atoms with van der Waals surface area (Å²) in [6.07, 6.45) is 0.594. The predicted molar refractivity (Wildman–Crippen MR) is 86.2 cm³/mol. The third kappa shape index (κ3) is 3.80. The molecule has 24 heavy (non-hydrogen) atoms. The van der Waals surface area contributed by atoms with Gasteiger partial charge in [0.1, 0.15) is 11.0 Å². The van der Waals surface area contributed by atoms with Crippen LogP contribution in [-0.2, 0) is 14.6 Å². The number of methoxy groups -OCH3 is 1. The Balaban J connectivity index is 2.56. The standard InChI is InChI=1S/C17H15FO5S/c1-23-13-7-9-14(10-8-13)24(21,22)16(11-15(18)17(19)20)12-5-3-2-4-6-12/h2-11,16H,1H3,(H,19,20)/b15-11-. The summed E-state index contributed by atoms with van der Waals surface area (Å²) in [5.74, 6) is -2.88. The normalized spacial score (nSPS) is 13.3. The van der Waals surface area contributed by atoms with Crippen molar-refractivity contribution in [3.63, 3.8) is 0 Å². The number of sulfone groups is 1. The molecule has 0 saturated heterocycles. The van der Waals surface area contributed by atoms with Crippen molar-refractivity contribution in [1.82, 2.24) is 0 Å². The van der Waals surface area contributed by atoms with E-state index < -0.39 is 26.9 Å². The van der Waals surface area contributed by atoms with Gasteiger partial charge in [-0.2, -0.15) is 4.39 Å². The molecule has 7 heteroatoms. The SMILES string of the molecule is COc1ccc(S(=O)(=O)C(/C=C(\F)C(=O)O)c2ccccc2)cc1. The van der Waals surface area contributed by atoms with E-state index in [-0.39, 0.29) is 10.5 Å². The van der Waals surface area contributed by atoms with Crippen molar-refractivity contribution in [1.29, 1.82) is 0 Å². The Morgan fingerprint density at radius 3 is 2.21 bits per heavy atom. The summed E-state index contributed by atoms with van der Waals surface area (Å²) in [7, 11) is -2.60. The lowest BCUT2D eigenvalue weighted by atomic mass is 10.1. The fourth-order valence-electron chi connectivity index (χ4n) is 2.12. The van der Waals surface area contributed by atoms with Crippen molar-refractivity contribution in [3.05, 3.63) is 72.1 Å². The highest BCUT2D eigenvalue weighted by Crippen LogP contribution is 2.32. The van der Waals surface area contributed by atoms with Crippen LogP contribution in [0.25, 0.3) is 0 Å². The second-order valence-electron chi connectivity index (χ2n) is 4.87. The Kier molecular flexibility index (Phi) is 5.35. The quantitative estimate of drug-likeness (QED) is 0.810. The molecule has 2 aromatic rings. The van der Waals surface area contributed by atoms with Crippen molar-refractivity contribution in [2.75, 3.05) is 7.11 Å². The second-order valence-corrected chi connectivity index (χ2v) is 6.94. The Bertz CT molecular complexity index is 842. The van der Waals surface area contributed by atoms with Crippen LogP contribution in [0.5, 0.6) is 5.75 Å². The molecule has 1 atom stereocenters. The summed E-state index contributed by atoms with van der Waals surface area (Å²) in [4.78, 5) is 10.7. The summed E-state index contributed by atoms with van der Waals surface area (Å²) in [6.45, 7) is 0. The number of carboxylic acid groups (broad SMARTS) is 1. The van der Waals surface area contributed by atoms with Gasteiger partial charge in [0, 0.05) is 0 Å². The number of aliphatic carboxylic acids is 1. The molecule has 2 aromatic carbocycles. The average Bonchev–Trinajstić information content (AvgIpc) is 2.60. The predicted octanol–water partition coefficient (Wildman–Crippen LogP) is 3.15. The van der Waals surface area contributed by atoms with E-state index >= 15 is 0 Å².